The second kappa shape index (κ2) is 6.62. The van der Waals surface area contributed by atoms with Crippen LogP contribution in [-0.4, -0.2) is 60.7 Å². The van der Waals surface area contributed by atoms with Gasteiger partial charge in [0.15, 0.2) is 7.28 Å². The van der Waals surface area contributed by atoms with Crippen molar-refractivity contribution in [1.82, 2.24) is 14.8 Å². The number of fused-ring (bicyclic) bond motifs is 2. The minimum Gasteiger partial charge on any atom is -0.367 e. The summed E-state index contributed by atoms with van der Waals surface area (Å²) in [7, 11) is 4.33. The van der Waals surface area contributed by atoms with Crippen molar-refractivity contribution in [3.05, 3.63) is 35.4 Å². The summed E-state index contributed by atoms with van der Waals surface area (Å²) in [6.45, 7) is 8.55. The number of carbonyl (C=O) groups is 1. The average Bonchev–Trinajstić information content (AvgIpc) is 3.02. The number of rotatable bonds is 4. The fraction of sp³-hybridized carbons (Fsp3) is 0.476. The minimum atomic E-state index is -0.0564. The smallest absolute Gasteiger partial charge is 0.230 e. The summed E-state index contributed by atoms with van der Waals surface area (Å²) in [5.41, 5.74) is 6.47. The van der Waals surface area contributed by atoms with Gasteiger partial charge in [0.05, 0.1) is 5.92 Å². The van der Waals surface area contributed by atoms with Crippen molar-refractivity contribution < 1.29 is 4.79 Å². The molecule has 1 N–H and O–H groups in total. The topological polar surface area (TPSA) is 39.3 Å². The molecule has 26 heavy (non-hydrogen) atoms. The predicted octanol–water partition coefficient (Wildman–Crippen LogP) is 2.28. The van der Waals surface area contributed by atoms with E-state index in [1.807, 2.05) is 4.90 Å². The maximum atomic E-state index is 13.0. The van der Waals surface area contributed by atoms with E-state index in [0.29, 0.717) is 6.04 Å². The van der Waals surface area contributed by atoms with Crippen molar-refractivity contribution in [2.75, 3.05) is 26.7 Å². The largest absolute Gasteiger partial charge is 0.367 e. The third kappa shape index (κ3) is 2.52. The third-order valence-corrected chi connectivity index (χ3v) is 6.11. The Bertz CT molecular complexity index is 881. The zero-order valence-electron chi connectivity index (χ0n) is 16.2. The molecule has 2 atom stereocenters. The van der Waals surface area contributed by atoms with Crippen molar-refractivity contribution in [3.63, 3.8) is 0 Å². The van der Waals surface area contributed by atoms with Crippen LogP contribution < -0.4 is 5.59 Å². The fourth-order valence-corrected chi connectivity index (χ4v) is 4.74. The number of amides is 1. The highest BCUT2D eigenvalue weighted by atomic mass is 16.2. The molecule has 0 fully saturated rings. The molecule has 1 radical (unpaired) electrons. The molecular formula is C21H27BN3O. The summed E-state index contributed by atoms with van der Waals surface area (Å²) < 4.78 is 0. The molecule has 4 nitrogen and oxygen atoms in total. The van der Waals surface area contributed by atoms with Gasteiger partial charge in [-0.1, -0.05) is 25.0 Å². The monoisotopic (exact) mass is 348 g/mol. The Balaban J connectivity index is 1.83. The third-order valence-electron chi connectivity index (χ3n) is 6.11. The Morgan fingerprint density at radius 1 is 1.35 bits per heavy atom. The van der Waals surface area contributed by atoms with Gasteiger partial charge >= 0.3 is 0 Å². The zero-order chi connectivity index (χ0) is 18.4. The maximum absolute atomic E-state index is 13.0. The van der Waals surface area contributed by atoms with Crippen LogP contribution in [0.3, 0.4) is 0 Å². The quantitative estimate of drug-likeness (QED) is 0.861. The molecule has 1 aliphatic carbocycles. The number of H-pyrrole nitrogens is 1. The van der Waals surface area contributed by atoms with Crippen molar-refractivity contribution in [2.24, 2.45) is 5.92 Å². The molecule has 1 aromatic carbocycles. The van der Waals surface area contributed by atoms with E-state index in [9.17, 15) is 4.79 Å². The Labute approximate surface area is 156 Å². The molecule has 1 aliphatic heterocycles. The zero-order valence-corrected chi connectivity index (χ0v) is 16.2. The van der Waals surface area contributed by atoms with E-state index in [-0.39, 0.29) is 11.8 Å². The number of aromatic nitrogens is 1. The normalized spacial score (nSPS) is 22.1. The van der Waals surface area contributed by atoms with Gasteiger partial charge in [-0.05, 0) is 55.7 Å². The van der Waals surface area contributed by atoms with Crippen LogP contribution in [0.5, 0.6) is 0 Å². The fourth-order valence-electron chi connectivity index (χ4n) is 4.74. The minimum absolute atomic E-state index is 0.0564. The molecule has 0 spiro atoms. The number of nitrogens with zero attached hydrogens (tertiary/aromatic N) is 2. The molecule has 0 unspecified atom stereocenters. The number of hydrogen-bond acceptors (Lipinski definition) is 2. The lowest BCUT2D eigenvalue weighted by Crippen LogP contribution is -2.48. The van der Waals surface area contributed by atoms with Gasteiger partial charge in [0.25, 0.3) is 0 Å². The van der Waals surface area contributed by atoms with Gasteiger partial charge in [0.1, 0.15) is 0 Å². The van der Waals surface area contributed by atoms with Gasteiger partial charge in [0, 0.05) is 36.6 Å². The molecule has 0 saturated heterocycles. The lowest BCUT2D eigenvalue weighted by Gasteiger charge is -2.40. The second-order valence-corrected chi connectivity index (χ2v) is 7.43. The summed E-state index contributed by atoms with van der Waals surface area (Å²) in [5.74, 6) is 0.196. The van der Waals surface area contributed by atoms with Crippen molar-refractivity contribution in [2.45, 2.75) is 33.1 Å². The number of likely N-dealkylation sites (N-methyl/N-ethyl adjacent to an activating group) is 1. The van der Waals surface area contributed by atoms with Gasteiger partial charge in [-0.3, -0.25) is 9.69 Å². The van der Waals surface area contributed by atoms with Crippen molar-refractivity contribution >= 4 is 35.3 Å². The second-order valence-electron chi connectivity index (χ2n) is 7.43. The summed E-state index contributed by atoms with van der Waals surface area (Å²) in [4.78, 5) is 20.8. The molecule has 2 heterocycles. The van der Waals surface area contributed by atoms with Gasteiger partial charge in [-0.25, -0.2) is 0 Å². The first-order chi connectivity index (χ1) is 12.6. The number of nitrogens with one attached hydrogen (secondary N) is 1. The van der Waals surface area contributed by atoms with Crippen LogP contribution in [0.25, 0.3) is 16.5 Å². The summed E-state index contributed by atoms with van der Waals surface area (Å²) >= 11 is 0. The number of aromatic amines is 1. The van der Waals surface area contributed by atoms with Crippen LogP contribution in [0.1, 0.15) is 25.0 Å². The van der Waals surface area contributed by atoms with E-state index < -0.39 is 0 Å². The molecule has 1 amide bonds. The SMILES string of the molecule is C[B]c1[nH]c2cccc3c2c1C[C@H]1C3=C[C@@H](C(=O)N(CC)CC)CN1C. The highest BCUT2D eigenvalue weighted by molar-refractivity contribution is 6.52. The summed E-state index contributed by atoms with van der Waals surface area (Å²) in [6, 6.07) is 6.84. The Hall–Kier alpha value is -2.01. The van der Waals surface area contributed by atoms with Crippen LogP contribution in [-0.2, 0) is 11.2 Å². The van der Waals surface area contributed by atoms with E-state index in [1.54, 1.807) is 0 Å². The first-order valence-electron chi connectivity index (χ1n) is 9.73. The first kappa shape index (κ1) is 17.4. The van der Waals surface area contributed by atoms with Crippen molar-refractivity contribution in [1.29, 1.82) is 0 Å². The van der Waals surface area contributed by atoms with Gasteiger partial charge in [-0.2, -0.15) is 0 Å². The Morgan fingerprint density at radius 3 is 2.81 bits per heavy atom. The highest BCUT2D eigenvalue weighted by Gasteiger charge is 2.37. The predicted molar refractivity (Wildman–Crippen MR) is 109 cm³/mol. The van der Waals surface area contributed by atoms with Crippen LogP contribution >= 0.6 is 0 Å². The molecular weight excluding hydrogens is 321 g/mol. The van der Waals surface area contributed by atoms with Crippen LogP contribution in [0.2, 0.25) is 6.82 Å². The van der Waals surface area contributed by atoms with Crippen molar-refractivity contribution in [3.8, 4) is 0 Å². The van der Waals surface area contributed by atoms with Gasteiger partial charge < -0.3 is 9.88 Å². The van der Waals surface area contributed by atoms with Crippen LogP contribution in [0.4, 0.5) is 0 Å². The molecule has 1 aromatic heterocycles. The molecule has 2 aliphatic rings. The van der Waals surface area contributed by atoms with Crippen LogP contribution in [0.15, 0.2) is 24.3 Å². The van der Waals surface area contributed by atoms with E-state index in [1.165, 1.54) is 33.2 Å². The molecule has 2 aromatic rings. The van der Waals surface area contributed by atoms with E-state index >= 15 is 0 Å². The molecule has 5 heteroatoms. The molecule has 0 saturated carbocycles. The van der Waals surface area contributed by atoms with Gasteiger partial charge in [0.2, 0.25) is 5.91 Å². The van der Waals surface area contributed by atoms with Crippen LogP contribution in [0, 0.1) is 5.92 Å². The molecule has 135 valence electrons. The lowest BCUT2D eigenvalue weighted by molar-refractivity contribution is -0.134. The molecule has 4 rings (SSSR count). The molecule has 0 bridgehead atoms. The van der Waals surface area contributed by atoms with E-state index in [0.717, 1.165) is 26.1 Å². The Kier molecular flexibility index (Phi) is 4.43. The Morgan fingerprint density at radius 2 is 2.12 bits per heavy atom. The summed E-state index contributed by atoms with van der Waals surface area (Å²) in [6.07, 6.45) is 3.26. The lowest BCUT2D eigenvalue weighted by atomic mass is 9.71. The van der Waals surface area contributed by atoms with E-state index in [4.69, 9.17) is 0 Å². The number of benzene rings is 1. The van der Waals surface area contributed by atoms with Gasteiger partial charge in [-0.15, -0.1) is 0 Å². The first-order valence-corrected chi connectivity index (χ1v) is 9.73. The summed E-state index contributed by atoms with van der Waals surface area (Å²) in [5, 5.41) is 1.34. The standard InChI is InChI=1S/C21H27BN3O/c1-5-25(6-2)21(26)13-10-15-14-8-7-9-17-19(14)16(20(22-3)23-17)11-18(15)24(4)12-13/h7-10,13,18,23H,5-6,11-12H2,1-4H3/t13-,18+/m1/s1. The van der Waals surface area contributed by atoms with E-state index in [2.05, 4.69) is 69.2 Å². The number of hydrogen-bond donors (Lipinski definition) is 1. The maximum Gasteiger partial charge on any atom is 0.230 e. The average molecular weight is 348 g/mol. The highest BCUT2D eigenvalue weighted by Crippen LogP contribution is 2.40. The number of carbonyl (C=O) groups excluding carboxylic acids is 1.